The van der Waals surface area contributed by atoms with Gasteiger partial charge >= 0.3 is 0 Å². The smallest absolute Gasteiger partial charge is 0.179 e. The van der Waals surface area contributed by atoms with Crippen LogP contribution in [-0.4, -0.2) is 8.07 Å². The minimum Gasteiger partial charge on any atom is -0.309 e. The molecular formula is C60H45NSi. The maximum atomic E-state index is 2.44. The predicted octanol–water partition coefficient (Wildman–Crippen LogP) is 13.2. The number of rotatable bonds is 11. The van der Waals surface area contributed by atoms with Gasteiger partial charge in [0.15, 0.2) is 8.07 Å². The van der Waals surface area contributed by atoms with Gasteiger partial charge in [0.2, 0.25) is 0 Å². The first-order valence-electron chi connectivity index (χ1n) is 21.3. The zero-order valence-corrected chi connectivity index (χ0v) is 35.4. The first-order chi connectivity index (χ1) is 30.8. The van der Waals surface area contributed by atoms with Crippen molar-refractivity contribution in [2.75, 3.05) is 4.90 Å². The first-order valence-corrected chi connectivity index (χ1v) is 23.3. The number of para-hydroxylation sites is 1. The summed E-state index contributed by atoms with van der Waals surface area (Å²) in [5, 5.41) is 5.48. The third kappa shape index (κ3) is 7.38. The summed E-state index contributed by atoms with van der Waals surface area (Å²) in [6.07, 6.45) is 0. The lowest BCUT2D eigenvalue weighted by atomic mass is 9.90. The molecule has 10 aromatic carbocycles. The zero-order chi connectivity index (χ0) is 41.6. The Morgan fingerprint density at radius 2 is 0.516 bits per heavy atom. The second-order valence-corrected chi connectivity index (χ2v) is 19.5. The maximum Gasteiger partial charge on any atom is 0.179 e. The second-order valence-electron chi connectivity index (χ2n) is 15.7. The zero-order valence-electron chi connectivity index (χ0n) is 34.4. The summed E-state index contributed by atoms with van der Waals surface area (Å²) >= 11 is 0. The molecule has 294 valence electrons. The molecule has 10 rings (SSSR count). The topological polar surface area (TPSA) is 3.24 Å². The van der Waals surface area contributed by atoms with Crippen LogP contribution in [0.15, 0.2) is 273 Å². The summed E-state index contributed by atoms with van der Waals surface area (Å²) in [5.41, 5.74) is 12.7. The van der Waals surface area contributed by atoms with E-state index in [2.05, 4.69) is 278 Å². The number of benzene rings is 10. The van der Waals surface area contributed by atoms with E-state index in [1.807, 2.05) is 0 Å². The number of hydrogen-bond acceptors (Lipinski definition) is 1. The third-order valence-electron chi connectivity index (χ3n) is 12.0. The normalized spacial score (nSPS) is 11.2. The van der Waals surface area contributed by atoms with Gasteiger partial charge in [-0.3, -0.25) is 0 Å². The lowest BCUT2D eigenvalue weighted by Gasteiger charge is -2.34. The van der Waals surface area contributed by atoms with Crippen molar-refractivity contribution in [2.45, 2.75) is 0 Å². The fourth-order valence-electron chi connectivity index (χ4n) is 9.11. The highest BCUT2D eigenvalue weighted by molar-refractivity contribution is 7.19. The molecule has 0 aliphatic carbocycles. The molecule has 0 fully saturated rings. The van der Waals surface area contributed by atoms with Gasteiger partial charge in [0, 0.05) is 22.5 Å². The highest BCUT2D eigenvalue weighted by atomic mass is 28.3. The average Bonchev–Trinajstić information content (AvgIpc) is 3.37. The van der Waals surface area contributed by atoms with Crippen LogP contribution in [0.5, 0.6) is 0 Å². The summed E-state index contributed by atoms with van der Waals surface area (Å²) in [7, 11) is -2.62. The van der Waals surface area contributed by atoms with Crippen LogP contribution < -0.4 is 25.6 Å². The summed E-state index contributed by atoms with van der Waals surface area (Å²) < 4.78 is 0. The van der Waals surface area contributed by atoms with Crippen molar-refractivity contribution in [2.24, 2.45) is 0 Å². The summed E-state index contributed by atoms with van der Waals surface area (Å²) in [5.74, 6) is 0. The van der Waals surface area contributed by atoms with Crippen molar-refractivity contribution >= 4 is 45.9 Å². The molecule has 0 heterocycles. The van der Waals surface area contributed by atoms with E-state index in [1.165, 1.54) is 43.0 Å². The minimum absolute atomic E-state index is 1.09. The fourth-order valence-corrected chi connectivity index (χ4v) is 13.9. The van der Waals surface area contributed by atoms with Crippen molar-refractivity contribution in [3.63, 3.8) is 0 Å². The van der Waals surface area contributed by atoms with Crippen LogP contribution in [0, 0.1) is 0 Å². The molecule has 0 aliphatic heterocycles. The Bertz CT molecular complexity index is 2840. The molecule has 62 heavy (non-hydrogen) atoms. The van der Waals surface area contributed by atoms with E-state index in [0.29, 0.717) is 0 Å². The maximum absolute atomic E-state index is 2.62. The third-order valence-corrected chi connectivity index (χ3v) is 16.8. The van der Waals surface area contributed by atoms with E-state index in [-0.39, 0.29) is 0 Å². The summed E-state index contributed by atoms with van der Waals surface area (Å²) in [6.45, 7) is 0. The Labute approximate surface area is 366 Å². The highest BCUT2D eigenvalue weighted by Crippen LogP contribution is 2.48. The highest BCUT2D eigenvalue weighted by Gasteiger charge is 2.41. The lowest BCUT2D eigenvalue weighted by molar-refractivity contribution is 1.28. The quantitative estimate of drug-likeness (QED) is 0.0929. The van der Waals surface area contributed by atoms with Crippen LogP contribution in [0.3, 0.4) is 0 Å². The van der Waals surface area contributed by atoms with Crippen molar-refractivity contribution in [1.82, 2.24) is 0 Å². The molecule has 0 amide bonds. The molecule has 0 radical (unpaired) electrons. The average molecular weight is 808 g/mol. The number of hydrogen-bond donors (Lipinski definition) is 0. The molecule has 0 saturated heterocycles. The van der Waals surface area contributed by atoms with Gasteiger partial charge in [-0.25, -0.2) is 0 Å². The molecule has 0 atom stereocenters. The second kappa shape index (κ2) is 17.4. The van der Waals surface area contributed by atoms with Crippen LogP contribution >= 0.6 is 0 Å². The van der Waals surface area contributed by atoms with Gasteiger partial charge in [-0.05, 0) is 90.5 Å². The largest absolute Gasteiger partial charge is 0.309 e. The number of anilines is 3. The van der Waals surface area contributed by atoms with Gasteiger partial charge in [-0.15, -0.1) is 0 Å². The van der Waals surface area contributed by atoms with E-state index >= 15 is 0 Å². The van der Waals surface area contributed by atoms with Gasteiger partial charge in [0.05, 0.1) is 5.69 Å². The SMILES string of the molecule is c1ccc(-c2cc(-c3ccccc3)c(N(c3ccccc3)c3ccc(-c4ccc([Si](c5ccccc5)(c5ccccc5)c5ccccc5)cc4)cc3)c(-c3ccccc3)c2)cc1. The van der Waals surface area contributed by atoms with Crippen molar-refractivity contribution in [3.05, 3.63) is 273 Å². The molecule has 0 bridgehead atoms. The van der Waals surface area contributed by atoms with E-state index in [9.17, 15) is 0 Å². The Hall–Kier alpha value is -7.78. The van der Waals surface area contributed by atoms with Crippen LogP contribution in [0.4, 0.5) is 17.1 Å². The molecule has 10 aromatic rings. The van der Waals surface area contributed by atoms with E-state index < -0.39 is 8.07 Å². The van der Waals surface area contributed by atoms with E-state index in [0.717, 1.165) is 39.3 Å². The van der Waals surface area contributed by atoms with Crippen LogP contribution in [0.1, 0.15) is 0 Å². The van der Waals surface area contributed by atoms with Crippen LogP contribution in [0.25, 0.3) is 44.5 Å². The molecule has 0 aliphatic rings. The lowest BCUT2D eigenvalue weighted by Crippen LogP contribution is -2.74. The van der Waals surface area contributed by atoms with Crippen LogP contribution in [0.2, 0.25) is 0 Å². The number of nitrogens with zero attached hydrogens (tertiary/aromatic N) is 1. The standard InChI is InChI=1S/C60H45NSi/c1-8-22-46(23-9-1)51-44-58(49-24-10-2-11-25-49)60(59(45-51)50-26-12-3-13-27-50)61(52-28-14-4-15-29-52)53-40-36-47(37-41-53)48-38-42-57(43-39-48)62(54-30-16-5-17-31-54,55-32-18-6-19-33-55)56-34-20-7-21-35-56/h1-45H. The molecule has 2 heteroatoms. The van der Waals surface area contributed by atoms with E-state index in [1.54, 1.807) is 0 Å². The van der Waals surface area contributed by atoms with Crippen molar-refractivity contribution in [1.29, 1.82) is 0 Å². The molecule has 0 spiro atoms. The first kappa shape index (κ1) is 38.4. The molecule has 0 saturated carbocycles. The molecule has 0 N–H and O–H groups in total. The van der Waals surface area contributed by atoms with E-state index in [4.69, 9.17) is 0 Å². The Balaban J connectivity index is 1.11. The molecule has 0 aromatic heterocycles. The fraction of sp³-hybridized carbons (Fsp3) is 0. The summed E-state index contributed by atoms with van der Waals surface area (Å²) in [4.78, 5) is 2.44. The van der Waals surface area contributed by atoms with Gasteiger partial charge in [-0.1, -0.05) is 237 Å². The Morgan fingerprint density at radius 3 is 0.919 bits per heavy atom. The predicted molar refractivity (Wildman–Crippen MR) is 266 cm³/mol. The van der Waals surface area contributed by atoms with Crippen molar-refractivity contribution in [3.8, 4) is 44.5 Å². The Morgan fingerprint density at radius 1 is 0.226 bits per heavy atom. The van der Waals surface area contributed by atoms with Crippen LogP contribution in [-0.2, 0) is 0 Å². The van der Waals surface area contributed by atoms with Gasteiger partial charge < -0.3 is 4.90 Å². The summed E-state index contributed by atoms with van der Waals surface area (Å²) in [6, 6.07) is 99.7. The van der Waals surface area contributed by atoms with Gasteiger partial charge in [-0.2, -0.15) is 0 Å². The monoisotopic (exact) mass is 807 g/mol. The van der Waals surface area contributed by atoms with Gasteiger partial charge in [0.1, 0.15) is 0 Å². The molecule has 0 unspecified atom stereocenters. The Kier molecular flexibility index (Phi) is 10.8. The molecule has 1 nitrogen and oxygen atoms in total. The molecular weight excluding hydrogens is 763 g/mol. The minimum atomic E-state index is -2.62. The van der Waals surface area contributed by atoms with Crippen molar-refractivity contribution < 1.29 is 0 Å². The van der Waals surface area contributed by atoms with Gasteiger partial charge in [0.25, 0.3) is 0 Å².